The molecule has 104 valence electrons. The van der Waals surface area contributed by atoms with E-state index in [0.29, 0.717) is 12.2 Å². The maximum atomic E-state index is 9.29. The van der Waals surface area contributed by atoms with Crippen LogP contribution in [0.5, 0.6) is 0 Å². The van der Waals surface area contributed by atoms with Crippen LogP contribution in [0.3, 0.4) is 0 Å². The van der Waals surface area contributed by atoms with Gasteiger partial charge >= 0.3 is 0 Å². The SMILES string of the molecule is CCCNC(C)(C#N)CCN1C[C@@H](C)O[C@@H](C)C1. The number of nitriles is 1. The lowest BCUT2D eigenvalue weighted by atomic mass is 9.99. The topological polar surface area (TPSA) is 48.3 Å². The van der Waals surface area contributed by atoms with Gasteiger partial charge in [0.05, 0.1) is 18.3 Å². The average molecular weight is 253 g/mol. The minimum atomic E-state index is -0.402. The van der Waals surface area contributed by atoms with E-state index in [1.807, 2.05) is 6.92 Å². The quantitative estimate of drug-likeness (QED) is 0.783. The van der Waals surface area contributed by atoms with Crippen LogP contribution in [-0.4, -0.2) is 48.8 Å². The Labute approximate surface area is 111 Å². The van der Waals surface area contributed by atoms with Crippen LogP contribution in [0.2, 0.25) is 0 Å². The number of ether oxygens (including phenoxy) is 1. The summed E-state index contributed by atoms with van der Waals surface area (Å²) in [5, 5.41) is 12.6. The summed E-state index contributed by atoms with van der Waals surface area (Å²) >= 11 is 0. The van der Waals surface area contributed by atoms with Gasteiger partial charge in [-0.3, -0.25) is 10.2 Å². The van der Waals surface area contributed by atoms with Gasteiger partial charge in [-0.05, 0) is 40.2 Å². The van der Waals surface area contributed by atoms with Crippen molar-refractivity contribution >= 4 is 0 Å². The van der Waals surface area contributed by atoms with Gasteiger partial charge in [0.25, 0.3) is 0 Å². The summed E-state index contributed by atoms with van der Waals surface area (Å²) in [6.45, 7) is 12.1. The second kappa shape index (κ2) is 7.08. The molecule has 1 aliphatic heterocycles. The third-order valence-electron chi connectivity index (χ3n) is 3.44. The molecule has 0 aromatic carbocycles. The Bertz CT molecular complexity index is 279. The molecule has 1 aliphatic rings. The third kappa shape index (κ3) is 4.93. The highest BCUT2D eigenvalue weighted by Crippen LogP contribution is 2.14. The predicted octanol–water partition coefficient (Wildman–Crippen LogP) is 1.77. The normalized spacial score (nSPS) is 28.6. The molecule has 0 aliphatic carbocycles. The van der Waals surface area contributed by atoms with Gasteiger partial charge in [0, 0.05) is 19.6 Å². The molecular formula is C14H27N3O. The van der Waals surface area contributed by atoms with Crippen LogP contribution in [0.1, 0.15) is 40.5 Å². The molecule has 0 saturated carbocycles. The van der Waals surface area contributed by atoms with E-state index < -0.39 is 5.54 Å². The molecule has 0 aromatic rings. The van der Waals surface area contributed by atoms with Crippen molar-refractivity contribution in [2.45, 2.75) is 58.3 Å². The molecule has 1 N–H and O–H groups in total. The zero-order valence-corrected chi connectivity index (χ0v) is 12.2. The molecular weight excluding hydrogens is 226 g/mol. The summed E-state index contributed by atoms with van der Waals surface area (Å²) in [5.74, 6) is 0. The third-order valence-corrected chi connectivity index (χ3v) is 3.44. The second-order valence-corrected chi connectivity index (χ2v) is 5.64. The van der Waals surface area contributed by atoms with Crippen molar-refractivity contribution in [3.05, 3.63) is 0 Å². The lowest BCUT2D eigenvalue weighted by Crippen LogP contribution is -2.49. The maximum absolute atomic E-state index is 9.29. The molecule has 4 nitrogen and oxygen atoms in total. The summed E-state index contributed by atoms with van der Waals surface area (Å²) in [7, 11) is 0. The molecule has 0 amide bonds. The molecule has 1 fully saturated rings. The van der Waals surface area contributed by atoms with Gasteiger partial charge in [0.2, 0.25) is 0 Å². The molecule has 4 heteroatoms. The van der Waals surface area contributed by atoms with E-state index in [-0.39, 0.29) is 0 Å². The molecule has 0 radical (unpaired) electrons. The Morgan fingerprint density at radius 2 is 2.00 bits per heavy atom. The molecule has 3 atom stereocenters. The predicted molar refractivity (Wildman–Crippen MR) is 73.4 cm³/mol. The standard InChI is InChI=1S/C14H27N3O/c1-5-7-16-14(4,11-15)6-8-17-9-12(2)18-13(3)10-17/h12-13,16H,5-10H2,1-4H3/t12-,13+,14?. The van der Waals surface area contributed by atoms with Crippen molar-refractivity contribution in [2.75, 3.05) is 26.2 Å². The van der Waals surface area contributed by atoms with Crippen molar-refractivity contribution in [3.8, 4) is 6.07 Å². The summed E-state index contributed by atoms with van der Waals surface area (Å²) < 4.78 is 5.72. The van der Waals surface area contributed by atoms with E-state index >= 15 is 0 Å². The molecule has 18 heavy (non-hydrogen) atoms. The summed E-state index contributed by atoms with van der Waals surface area (Å²) in [6, 6.07) is 2.41. The summed E-state index contributed by atoms with van der Waals surface area (Å²) in [5.41, 5.74) is -0.402. The smallest absolute Gasteiger partial charge is 0.105 e. The molecule has 0 spiro atoms. The fourth-order valence-electron chi connectivity index (χ4n) is 2.43. The van der Waals surface area contributed by atoms with Gasteiger partial charge < -0.3 is 4.74 Å². The highest BCUT2D eigenvalue weighted by Gasteiger charge is 2.27. The summed E-state index contributed by atoms with van der Waals surface area (Å²) in [6.07, 6.45) is 2.52. The Balaban J connectivity index is 2.40. The second-order valence-electron chi connectivity index (χ2n) is 5.64. The first-order valence-corrected chi connectivity index (χ1v) is 7.03. The fraction of sp³-hybridized carbons (Fsp3) is 0.929. The van der Waals surface area contributed by atoms with Crippen LogP contribution in [0, 0.1) is 11.3 Å². The van der Waals surface area contributed by atoms with E-state index in [1.54, 1.807) is 0 Å². The van der Waals surface area contributed by atoms with Crippen molar-refractivity contribution in [3.63, 3.8) is 0 Å². The van der Waals surface area contributed by atoms with E-state index in [4.69, 9.17) is 4.74 Å². The van der Waals surface area contributed by atoms with E-state index in [2.05, 4.69) is 37.1 Å². The molecule has 1 unspecified atom stereocenters. The van der Waals surface area contributed by atoms with Crippen LogP contribution >= 0.6 is 0 Å². The van der Waals surface area contributed by atoms with Crippen LogP contribution in [0.4, 0.5) is 0 Å². The first kappa shape index (κ1) is 15.4. The van der Waals surface area contributed by atoms with Crippen molar-refractivity contribution < 1.29 is 4.74 Å². The molecule has 1 saturated heterocycles. The first-order valence-electron chi connectivity index (χ1n) is 7.03. The molecule has 0 bridgehead atoms. The van der Waals surface area contributed by atoms with E-state index in [0.717, 1.165) is 39.0 Å². The number of morpholine rings is 1. The number of nitrogens with one attached hydrogen (secondary N) is 1. The van der Waals surface area contributed by atoms with Gasteiger partial charge in [-0.2, -0.15) is 5.26 Å². The highest BCUT2D eigenvalue weighted by atomic mass is 16.5. The summed E-state index contributed by atoms with van der Waals surface area (Å²) in [4.78, 5) is 2.40. The highest BCUT2D eigenvalue weighted by molar-refractivity contribution is 5.04. The lowest BCUT2D eigenvalue weighted by Gasteiger charge is -2.36. The minimum absolute atomic E-state index is 0.297. The van der Waals surface area contributed by atoms with Crippen LogP contribution in [-0.2, 0) is 4.74 Å². The zero-order valence-electron chi connectivity index (χ0n) is 12.2. The largest absolute Gasteiger partial charge is 0.373 e. The molecule has 1 heterocycles. The average Bonchev–Trinajstić information content (AvgIpc) is 2.33. The Hall–Kier alpha value is -0.630. The van der Waals surface area contributed by atoms with Gasteiger partial charge in [0.1, 0.15) is 5.54 Å². The van der Waals surface area contributed by atoms with Crippen molar-refractivity contribution in [2.24, 2.45) is 0 Å². The lowest BCUT2D eigenvalue weighted by molar-refractivity contribution is -0.0689. The number of hydrogen-bond acceptors (Lipinski definition) is 4. The van der Waals surface area contributed by atoms with Gasteiger partial charge in [0.15, 0.2) is 0 Å². The number of rotatable bonds is 6. The van der Waals surface area contributed by atoms with Gasteiger partial charge in [-0.25, -0.2) is 0 Å². The van der Waals surface area contributed by atoms with Crippen LogP contribution in [0.15, 0.2) is 0 Å². The number of nitrogens with zero attached hydrogens (tertiary/aromatic N) is 2. The van der Waals surface area contributed by atoms with Crippen LogP contribution in [0.25, 0.3) is 0 Å². The van der Waals surface area contributed by atoms with Crippen molar-refractivity contribution in [1.29, 1.82) is 5.26 Å². The van der Waals surface area contributed by atoms with E-state index in [1.165, 1.54) is 0 Å². The van der Waals surface area contributed by atoms with Crippen LogP contribution < -0.4 is 5.32 Å². The Kier molecular flexibility index (Phi) is 6.07. The van der Waals surface area contributed by atoms with Gasteiger partial charge in [-0.1, -0.05) is 6.92 Å². The monoisotopic (exact) mass is 253 g/mol. The molecule has 1 rings (SSSR count). The maximum Gasteiger partial charge on any atom is 0.105 e. The fourth-order valence-corrected chi connectivity index (χ4v) is 2.43. The molecule has 0 aromatic heterocycles. The Morgan fingerprint density at radius 1 is 1.39 bits per heavy atom. The van der Waals surface area contributed by atoms with Gasteiger partial charge in [-0.15, -0.1) is 0 Å². The Morgan fingerprint density at radius 3 is 2.50 bits per heavy atom. The minimum Gasteiger partial charge on any atom is -0.373 e. The van der Waals surface area contributed by atoms with E-state index in [9.17, 15) is 5.26 Å². The zero-order chi connectivity index (χ0) is 13.6. The number of hydrogen-bond donors (Lipinski definition) is 1. The van der Waals surface area contributed by atoms with Crippen molar-refractivity contribution in [1.82, 2.24) is 10.2 Å². The first-order chi connectivity index (χ1) is 8.49.